The Hall–Kier alpha value is -2.48. The second-order valence-corrected chi connectivity index (χ2v) is 6.54. The summed E-state index contributed by atoms with van der Waals surface area (Å²) in [6.45, 7) is 4.77. The van der Waals surface area contributed by atoms with E-state index in [-0.39, 0.29) is 0 Å². The van der Waals surface area contributed by atoms with Gasteiger partial charge in [-0.2, -0.15) is 4.98 Å². The monoisotopic (exact) mass is 341 g/mol. The molecule has 25 heavy (non-hydrogen) atoms. The van der Waals surface area contributed by atoms with Crippen molar-refractivity contribution in [3.8, 4) is 0 Å². The predicted molar refractivity (Wildman–Crippen MR) is 94.3 cm³/mol. The first-order valence-electron chi connectivity index (χ1n) is 8.79. The van der Waals surface area contributed by atoms with Gasteiger partial charge in [-0.15, -0.1) is 0 Å². The van der Waals surface area contributed by atoms with Crippen molar-refractivity contribution < 1.29 is 4.52 Å². The van der Waals surface area contributed by atoms with Gasteiger partial charge >= 0.3 is 0 Å². The largest absolute Gasteiger partial charge is 0.355 e. The molecule has 4 heterocycles. The highest BCUT2D eigenvalue weighted by Gasteiger charge is 2.26. The molecule has 1 fully saturated rings. The Labute approximate surface area is 146 Å². The molecule has 1 unspecified atom stereocenters. The van der Waals surface area contributed by atoms with Gasteiger partial charge < -0.3 is 14.4 Å². The number of likely N-dealkylation sites (N-methyl/N-ethyl adjacent to an activating group) is 1. The Bertz CT molecular complexity index is 842. The normalized spacial score (nSPS) is 18.7. The lowest BCUT2D eigenvalue weighted by Gasteiger charge is -2.37. The van der Waals surface area contributed by atoms with Crippen LogP contribution in [0.3, 0.4) is 0 Å². The van der Waals surface area contributed by atoms with Crippen LogP contribution in [0, 0.1) is 0 Å². The summed E-state index contributed by atoms with van der Waals surface area (Å²) in [5.41, 5.74) is 0.878. The smallest absolute Gasteiger partial charge is 0.226 e. The van der Waals surface area contributed by atoms with E-state index in [9.17, 15) is 0 Å². The average Bonchev–Trinajstić information content (AvgIpc) is 3.30. The summed E-state index contributed by atoms with van der Waals surface area (Å²) in [5.74, 6) is 2.46. The Balaban J connectivity index is 1.47. The standard InChI is InChI=1S/C17H23N7O/c1-3-15-21-14(22-25-15)10-24-8-4-5-12(9-24)23(2)17-13-6-7-18-16(13)19-11-20-17/h6-7,11-12H,3-5,8-10H2,1-2H3,(H,18,19,20). The van der Waals surface area contributed by atoms with Crippen LogP contribution in [0.1, 0.15) is 31.5 Å². The van der Waals surface area contributed by atoms with Crippen molar-refractivity contribution in [1.82, 2.24) is 30.0 Å². The van der Waals surface area contributed by atoms with Crippen LogP contribution in [0.5, 0.6) is 0 Å². The lowest BCUT2D eigenvalue weighted by atomic mass is 10.0. The zero-order valence-corrected chi connectivity index (χ0v) is 14.6. The Morgan fingerprint density at radius 3 is 3.16 bits per heavy atom. The van der Waals surface area contributed by atoms with E-state index < -0.39 is 0 Å². The molecule has 0 aromatic carbocycles. The number of nitrogens with zero attached hydrogens (tertiary/aromatic N) is 6. The quantitative estimate of drug-likeness (QED) is 0.759. The second-order valence-electron chi connectivity index (χ2n) is 6.54. The molecule has 0 radical (unpaired) electrons. The van der Waals surface area contributed by atoms with E-state index in [2.05, 4.69) is 41.9 Å². The van der Waals surface area contributed by atoms with E-state index in [4.69, 9.17) is 4.52 Å². The molecule has 8 nitrogen and oxygen atoms in total. The summed E-state index contributed by atoms with van der Waals surface area (Å²) in [6.07, 6.45) is 6.60. The number of aromatic amines is 1. The van der Waals surface area contributed by atoms with Crippen molar-refractivity contribution in [2.24, 2.45) is 0 Å². The lowest BCUT2D eigenvalue weighted by Crippen LogP contribution is -2.46. The van der Waals surface area contributed by atoms with Crippen LogP contribution in [0.2, 0.25) is 0 Å². The maximum Gasteiger partial charge on any atom is 0.226 e. The molecule has 3 aromatic heterocycles. The maximum atomic E-state index is 5.22. The minimum absolute atomic E-state index is 0.402. The van der Waals surface area contributed by atoms with Gasteiger partial charge in [-0.3, -0.25) is 4.90 Å². The Kier molecular flexibility index (Phi) is 4.35. The van der Waals surface area contributed by atoms with Crippen LogP contribution >= 0.6 is 0 Å². The molecule has 8 heteroatoms. The van der Waals surface area contributed by atoms with Crippen molar-refractivity contribution in [2.45, 2.75) is 38.8 Å². The molecular formula is C17H23N7O. The molecule has 0 bridgehead atoms. The summed E-state index contributed by atoms with van der Waals surface area (Å²) in [6, 6.07) is 2.44. The van der Waals surface area contributed by atoms with Gasteiger partial charge in [-0.1, -0.05) is 12.1 Å². The number of aryl methyl sites for hydroxylation is 1. The first-order valence-corrected chi connectivity index (χ1v) is 8.79. The molecule has 1 aliphatic heterocycles. The summed E-state index contributed by atoms with van der Waals surface area (Å²) in [5, 5.41) is 5.14. The van der Waals surface area contributed by atoms with Gasteiger partial charge in [0.1, 0.15) is 17.8 Å². The van der Waals surface area contributed by atoms with Crippen molar-refractivity contribution in [1.29, 1.82) is 0 Å². The van der Waals surface area contributed by atoms with Crippen LogP contribution in [0.4, 0.5) is 5.82 Å². The molecular weight excluding hydrogens is 318 g/mol. The molecule has 0 aliphatic carbocycles. The van der Waals surface area contributed by atoms with Gasteiger partial charge in [0, 0.05) is 32.3 Å². The topological polar surface area (TPSA) is 87.0 Å². The van der Waals surface area contributed by atoms with Gasteiger partial charge in [-0.05, 0) is 25.5 Å². The third-order valence-corrected chi connectivity index (χ3v) is 4.87. The SMILES string of the molecule is CCc1nc(CN2CCCC(N(C)c3ncnc4[nH]ccc34)C2)no1. The number of likely N-dealkylation sites (tertiary alicyclic amines) is 1. The summed E-state index contributed by atoms with van der Waals surface area (Å²) in [4.78, 5) is 21.0. The zero-order valence-electron chi connectivity index (χ0n) is 14.6. The van der Waals surface area contributed by atoms with Crippen LogP contribution in [-0.4, -0.2) is 56.2 Å². The number of anilines is 1. The second kappa shape index (κ2) is 6.79. The number of hydrogen-bond acceptors (Lipinski definition) is 7. The van der Waals surface area contributed by atoms with Crippen LogP contribution in [-0.2, 0) is 13.0 Å². The molecule has 3 aromatic rings. The van der Waals surface area contributed by atoms with Crippen LogP contribution in [0.15, 0.2) is 23.1 Å². The fraction of sp³-hybridized carbons (Fsp3) is 0.529. The molecule has 4 rings (SSSR count). The number of nitrogens with one attached hydrogen (secondary N) is 1. The maximum absolute atomic E-state index is 5.22. The highest BCUT2D eigenvalue weighted by molar-refractivity contribution is 5.87. The molecule has 0 amide bonds. The number of hydrogen-bond donors (Lipinski definition) is 1. The number of piperidine rings is 1. The van der Waals surface area contributed by atoms with E-state index >= 15 is 0 Å². The van der Waals surface area contributed by atoms with E-state index in [0.717, 1.165) is 61.6 Å². The molecule has 1 aliphatic rings. The van der Waals surface area contributed by atoms with E-state index in [1.54, 1.807) is 6.33 Å². The first-order chi connectivity index (χ1) is 12.2. The molecule has 1 saturated heterocycles. The van der Waals surface area contributed by atoms with E-state index in [0.29, 0.717) is 11.9 Å². The fourth-order valence-electron chi connectivity index (χ4n) is 3.50. The molecule has 1 N–H and O–H groups in total. The molecule has 132 valence electrons. The summed E-state index contributed by atoms with van der Waals surface area (Å²) >= 11 is 0. The van der Waals surface area contributed by atoms with Crippen molar-refractivity contribution in [2.75, 3.05) is 25.0 Å². The summed E-state index contributed by atoms with van der Waals surface area (Å²) in [7, 11) is 2.12. The zero-order chi connectivity index (χ0) is 17.2. The van der Waals surface area contributed by atoms with Gasteiger partial charge in [0.2, 0.25) is 5.89 Å². The highest BCUT2D eigenvalue weighted by atomic mass is 16.5. The first kappa shape index (κ1) is 16.0. The lowest BCUT2D eigenvalue weighted by molar-refractivity contribution is 0.192. The number of fused-ring (bicyclic) bond motifs is 1. The minimum atomic E-state index is 0.402. The van der Waals surface area contributed by atoms with Gasteiger partial charge in [0.25, 0.3) is 0 Å². The number of rotatable bonds is 5. The van der Waals surface area contributed by atoms with Crippen molar-refractivity contribution in [3.63, 3.8) is 0 Å². The Morgan fingerprint density at radius 1 is 1.40 bits per heavy atom. The van der Waals surface area contributed by atoms with E-state index in [1.165, 1.54) is 0 Å². The Morgan fingerprint density at radius 2 is 2.32 bits per heavy atom. The molecule has 0 saturated carbocycles. The average molecular weight is 341 g/mol. The van der Waals surface area contributed by atoms with Crippen molar-refractivity contribution >= 4 is 16.9 Å². The summed E-state index contributed by atoms with van der Waals surface area (Å²) < 4.78 is 5.22. The minimum Gasteiger partial charge on any atom is -0.355 e. The fourth-order valence-corrected chi connectivity index (χ4v) is 3.50. The van der Waals surface area contributed by atoms with E-state index in [1.807, 2.05) is 19.2 Å². The third-order valence-electron chi connectivity index (χ3n) is 4.87. The number of aromatic nitrogens is 5. The predicted octanol–water partition coefficient (Wildman–Crippen LogP) is 2.00. The van der Waals surface area contributed by atoms with Crippen LogP contribution < -0.4 is 4.90 Å². The van der Waals surface area contributed by atoms with Crippen molar-refractivity contribution in [3.05, 3.63) is 30.3 Å². The van der Waals surface area contributed by atoms with Gasteiger partial charge in [0.15, 0.2) is 5.82 Å². The third kappa shape index (κ3) is 3.21. The molecule has 1 atom stereocenters. The van der Waals surface area contributed by atoms with Gasteiger partial charge in [0.05, 0.1) is 11.9 Å². The van der Waals surface area contributed by atoms with Crippen LogP contribution in [0.25, 0.3) is 11.0 Å². The molecule has 0 spiro atoms. The number of H-pyrrole nitrogens is 1. The highest BCUT2D eigenvalue weighted by Crippen LogP contribution is 2.26. The van der Waals surface area contributed by atoms with Gasteiger partial charge in [-0.25, -0.2) is 9.97 Å².